The number of benzene rings is 1. The maximum absolute atomic E-state index is 11.1. The first-order valence-electron chi connectivity index (χ1n) is 7.38. The summed E-state index contributed by atoms with van der Waals surface area (Å²) in [5.41, 5.74) is 7.80. The van der Waals surface area contributed by atoms with Crippen molar-refractivity contribution >= 4 is 45.8 Å². The Hall–Kier alpha value is -2.24. The third-order valence-corrected chi connectivity index (χ3v) is 4.37. The number of halogens is 2. The Bertz CT molecular complexity index is 920. The van der Waals surface area contributed by atoms with E-state index in [9.17, 15) is 4.79 Å². The molecule has 0 aliphatic heterocycles. The summed E-state index contributed by atoms with van der Waals surface area (Å²) in [6.07, 6.45) is 4.30. The van der Waals surface area contributed by atoms with Gasteiger partial charge in [0, 0.05) is 41.9 Å². The van der Waals surface area contributed by atoms with Gasteiger partial charge < -0.3 is 15.6 Å². The number of aromatic nitrogens is 2. The number of anilines is 1. The molecule has 1 aromatic carbocycles. The summed E-state index contributed by atoms with van der Waals surface area (Å²) >= 11 is 12.2. The Kier molecular flexibility index (Phi) is 4.64. The number of primary amides is 1. The number of pyridine rings is 1. The molecule has 5 nitrogen and oxygen atoms in total. The van der Waals surface area contributed by atoms with E-state index >= 15 is 0 Å². The van der Waals surface area contributed by atoms with Crippen LogP contribution in [0.1, 0.15) is 15.9 Å². The van der Waals surface area contributed by atoms with Crippen LogP contribution in [-0.2, 0) is 13.5 Å². The van der Waals surface area contributed by atoms with Crippen LogP contribution >= 0.6 is 23.2 Å². The molecule has 7 heteroatoms. The number of rotatable bonds is 5. The maximum Gasteiger partial charge on any atom is 0.250 e. The molecular weight excluding hydrogens is 347 g/mol. The monoisotopic (exact) mass is 362 g/mol. The molecule has 24 heavy (non-hydrogen) atoms. The highest BCUT2D eigenvalue weighted by atomic mass is 35.5. The molecule has 0 saturated heterocycles. The molecule has 0 spiro atoms. The third-order valence-electron chi connectivity index (χ3n) is 3.85. The molecule has 0 bridgehead atoms. The van der Waals surface area contributed by atoms with Crippen molar-refractivity contribution in [1.29, 1.82) is 0 Å². The van der Waals surface area contributed by atoms with Gasteiger partial charge in [0.15, 0.2) is 0 Å². The number of hydrogen-bond donors (Lipinski definition) is 2. The highest BCUT2D eigenvalue weighted by Crippen LogP contribution is 2.25. The van der Waals surface area contributed by atoms with Crippen molar-refractivity contribution in [2.24, 2.45) is 12.8 Å². The van der Waals surface area contributed by atoms with E-state index in [2.05, 4.69) is 21.1 Å². The van der Waals surface area contributed by atoms with Crippen molar-refractivity contribution < 1.29 is 4.79 Å². The second-order valence-corrected chi connectivity index (χ2v) is 6.37. The Labute approximate surface area is 149 Å². The molecule has 3 N–H and O–H groups in total. The van der Waals surface area contributed by atoms with Crippen molar-refractivity contribution in [1.82, 2.24) is 9.55 Å². The predicted molar refractivity (Wildman–Crippen MR) is 97.9 cm³/mol. The van der Waals surface area contributed by atoms with Gasteiger partial charge in [0.1, 0.15) is 5.82 Å². The smallest absolute Gasteiger partial charge is 0.250 e. The summed E-state index contributed by atoms with van der Waals surface area (Å²) in [4.78, 5) is 15.2. The zero-order chi connectivity index (χ0) is 17.3. The molecule has 0 atom stereocenters. The van der Waals surface area contributed by atoms with E-state index in [0.717, 1.165) is 17.0 Å². The van der Waals surface area contributed by atoms with Gasteiger partial charge in [0.05, 0.1) is 10.6 Å². The lowest BCUT2D eigenvalue weighted by Crippen LogP contribution is -2.12. The molecule has 0 radical (unpaired) electrons. The summed E-state index contributed by atoms with van der Waals surface area (Å²) in [7, 11) is 2.00. The molecule has 0 aliphatic rings. The molecule has 2 heterocycles. The number of carbonyl (C=O) groups is 1. The normalized spacial score (nSPS) is 11.0. The van der Waals surface area contributed by atoms with E-state index in [1.54, 1.807) is 0 Å². The quantitative estimate of drug-likeness (QED) is 0.727. The van der Waals surface area contributed by atoms with E-state index in [-0.39, 0.29) is 5.56 Å². The topological polar surface area (TPSA) is 72.9 Å². The van der Waals surface area contributed by atoms with Crippen LogP contribution in [0.25, 0.3) is 10.9 Å². The Morgan fingerprint density at radius 3 is 2.83 bits per heavy atom. The molecule has 0 aliphatic carbocycles. The van der Waals surface area contributed by atoms with Gasteiger partial charge in [-0.1, -0.05) is 29.3 Å². The predicted octanol–water partition coefficient (Wildman–Crippen LogP) is 3.63. The van der Waals surface area contributed by atoms with Gasteiger partial charge in [-0.25, -0.2) is 4.98 Å². The summed E-state index contributed by atoms with van der Waals surface area (Å²) in [6.45, 7) is 0.657. The first kappa shape index (κ1) is 16.6. The zero-order valence-corrected chi connectivity index (χ0v) is 14.5. The summed E-state index contributed by atoms with van der Waals surface area (Å²) in [5.74, 6) is -0.0182. The number of nitrogens with zero attached hydrogens (tertiary/aromatic N) is 2. The van der Waals surface area contributed by atoms with Gasteiger partial charge >= 0.3 is 0 Å². The van der Waals surface area contributed by atoms with E-state index in [1.807, 2.05) is 25.2 Å². The minimum atomic E-state index is -0.551. The minimum absolute atomic E-state index is 0.288. The van der Waals surface area contributed by atoms with Crippen molar-refractivity contribution in [3.63, 3.8) is 0 Å². The fourth-order valence-electron chi connectivity index (χ4n) is 2.66. The standard InChI is InChI=1S/C17H16Cl2N4O/c1-23-9-10(13-3-2-12(18)7-15(13)23)4-5-21-17-14(19)6-11(8-22-17)16(20)24/h2-3,6-9H,4-5H2,1H3,(H2,20,24)(H,21,22). The lowest BCUT2D eigenvalue weighted by Gasteiger charge is -2.07. The first-order valence-corrected chi connectivity index (χ1v) is 8.14. The van der Waals surface area contributed by atoms with Gasteiger partial charge in [-0.05, 0) is 30.2 Å². The third kappa shape index (κ3) is 3.32. The molecule has 3 rings (SSSR count). The average Bonchev–Trinajstić information content (AvgIpc) is 2.84. The molecule has 0 fully saturated rings. The maximum atomic E-state index is 11.1. The number of amides is 1. The fraction of sp³-hybridized carbons (Fsp3) is 0.176. The van der Waals surface area contributed by atoms with E-state index < -0.39 is 5.91 Å². The van der Waals surface area contributed by atoms with Gasteiger partial charge in [-0.2, -0.15) is 0 Å². The number of hydrogen-bond acceptors (Lipinski definition) is 3. The van der Waals surface area contributed by atoms with Crippen molar-refractivity contribution in [2.45, 2.75) is 6.42 Å². The van der Waals surface area contributed by atoms with Gasteiger partial charge in [-0.3, -0.25) is 4.79 Å². The molecule has 0 unspecified atom stereocenters. The second kappa shape index (κ2) is 6.71. The molecular formula is C17H16Cl2N4O. The fourth-order valence-corrected chi connectivity index (χ4v) is 3.06. The zero-order valence-electron chi connectivity index (χ0n) is 13.0. The molecule has 124 valence electrons. The van der Waals surface area contributed by atoms with E-state index in [1.165, 1.54) is 23.2 Å². The van der Waals surface area contributed by atoms with Crippen LogP contribution in [0.5, 0.6) is 0 Å². The average molecular weight is 363 g/mol. The first-order chi connectivity index (χ1) is 11.5. The van der Waals surface area contributed by atoms with Gasteiger partial charge in [0.25, 0.3) is 0 Å². The number of carbonyl (C=O) groups excluding carboxylic acids is 1. The minimum Gasteiger partial charge on any atom is -0.369 e. The number of nitrogens with one attached hydrogen (secondary N) is 1. The Morgan fingerprint density at radius 1 is 1.33 bits per heavy atom. The van der Waals surface area contributed by atoms with Crippen LogP contribution in [0.3, 0.4) is 0 Å². The van der Waals surface area contributed by atoms with Crippen molar-refractivity contribution in [2.75, 3.05) is 11.9 Å². The highest BCUT2D eigenvalue weighted by molar-refractivity contribution is 6.33. The largest absolute Gasteiger partial charge is 0.369 e. The van der Waals surface area contributed by atoms with Crippen LogP contribution in [0.15, 0.2) is 36.7 Å². The Morgan fingerprint density at radius 2 is 2.12 bits per heavy atom. The summed E-state index contributed by atoms with van der Waals surface area (Å²) < 4.78 is 2.06. The highest BCUT2D eigenvalue weighted by Gasteiger charge is 2.09. The number of fused-ring (bicyclic) bond motifs is 1. The van der Waals surface area contributed by atoms with Gasteiger partial charge in [0.2, 0.25) is 5.91 Å². The van der Waals surface area contributed by atoms with Crippen LogP contribution in [0.2, 0.25) is 10.0 Å². The van der Waals surface area contributed by atoms with Crippen molar-refractivity contribution in [3.8, 4) is 0 Å². The molecule has 0 saturated carbocycles. The van der Waals surface area contributed by atoms with Crippen molar-refractivity contribution in [3.05, 3.63) is 57.8 Å². The summed E-state index contributed by atoms with van der Waals surface area (Å²) in [5, 5.41) is 5.45. The molecule has 1 amide bonds. The van der Waals surface area contributed by atoms with E-state index in [4.69, 9.17) is 28.9 Å². The molecule has 2 aromatic heterocycles. The lowest BCUT2D eigenvalue weighted by molar-refractivity contribution is 0.1000. The van der Waals surface area contributed by atoms with E-state index in [0.29, 0.717) is 17.4 Å². The summed E-state index contributed by atoms with van der Waals surface area (Å²) in [6, 6.07) is 7.38. The Balaban J connectivity index is 1.72. The number of nitrogens with two attached hydrogens (primary N) is 1. The SMILES string of the molecule is Cn1cc(CCNc2ncc(C(N)=O)cc2Cl)c2ccc(Cl)cc21. The van der Waals surface area contributed by atoms with Crippen LogP contribution < -0.4 is 11.1 Å². The van der Waals surface area contributed by atoms with Crippen LogP contribution in [0.4, 0.5) is 5.82 Å². The molecule has 3 aromatic rings. The van der Waals surface area contributed by atoms with Crippen LogP contribution in [-0.4, -0.2) is 22.0 Å². The lowest BCUT2D eigenvalue weighted by atomic mass is 10.1. The van der Waals surface area contributed by atoms with Gasteiger partial charge in [-0.15, -0.1) is 0 Å². The van der Waals surface area contributed by atoms with Crippen LogP contribution in [0, 0.1) is 0 Å². The second-order valence-electron chi connectivity index (χ2n) is 5.52. The number of aryl methyl sites for hydroxylation is 1.